The highest BCUT2D eigenvalue weighted by atomic mass is 32.1. The number of carbonyl (C=O) groups excluding carboxylic acids is 1. The third-order valence-corrected chi connectivity index (χ3v) is 4.14. The fourth-order valence-electron chi connectivity index (χ4n) is 2.98. The van der Waals surface area contributed by atoms with E-state index in [9.17, 15) is 4.79 Å². The number of amides is 1. The second-order valence-electron chi connectivity index (χ2n) is 5.84. The zero-order valence-corrected chi connectivity index (χ0v) is 13.5. The number of hydrogen-bond donors (Lipinski definition) is 1. The summed E-state index contributed by atoms with van der Waals surface area (Å²) in [5, 5.41) is 0. The topological polar surface area (TPSA) is 49.6 Å². The zero-order valence-electron chi connectivity index (χ0n) is 12.7. The Morgan fingerprint density at radius 2 is 2.10 bits per heavy atom. The number of likely N-dealkylation sites (tertiary alicyclic amines) is 1. The van der Waals surface area contributed by atoms with Gasteiger partial charge < -0.3 is 15.5 Å². The van der Waals surface area contributed by atoms with Crippen molar-refractivity contribution in [2.45, 2.75) is 24.8 Å². The molecular formula is C16H23N3OS. The van der Waals surface area contributed by atoms with Crippen LogP contribution in [0.3, 0.4) is 0 Å². The molecule has 1 aliphatic rings. The molecule has 2 atom stereocenters. The minimum Gasteiger partial charge on any atom is -0.392 e. The van der Waals surface area contributed by atoms with Crippen molar-refractivity contribution in [2.75, 3.05) is 27.2 Å². The van der Waals surface area contributed by atoms with Gasteiger partial charge in [-0.1, -0.05) is 42.5 Å². The fraction of sp³-hybridized carbons (Fsp3) is 0.500. The number of rotatable bonds is 5. The second-order valence-corrected chi connectivity index (χ2v) is 6.31. The average molecular weight is 305 g/mol. The molecule has 5 heteroatoms. The van der Waals surface area contributed by atoms with E-state index >= 15 is 0 Å². The van der Waals surface area contributed by atoms with Crippen LogP contribution in [0.2, 0.25) is 0 Å². The minimum absolute atomic E-state index is 0.0399. The van der Waals surface area contributed by atoms with E-state index in [1.165, 1.54) is 0 Å². The molecule has 1 aliphatic heterocycles. The summed E-state index contributed by atoms with van der Waals surface area (Å²) < 4.78 is 0. The van der Waals surface area contributed by atoms with Gasteiger partial charge in [0.2, 0.25) is 5.91 Å². The van der Waals surface area contributed by atoms with E-state index in [2.05, 4.69) is 4.90 Å². The van der Waals surface area contributed by atoms with E-state index in [0.717, 1.165) is 31.5 Å². The number of thiocarbonyl (C=S) groups is 1. The Morgan fingerprint density at radius 1 is 1.43 bits per heavy atom. The van der Waals surface area contributed by atoms with Gasteiger partial charge in [0.05, 0.1) is 4.99 Å². The molecular weight excluding hydrogens is 282 g/mol. The van der Waals surface area contributed by atoms with Gasteiger partial charge in [-0.15, -0.1) is 0 Å². The van der Waals surface area contributed by atoms with Gasteiger partial charge in [-0.25, -0.2) is 0 Å². The lowest BCUT2D eigenvalue weighted by Crippen LogP contribution is -2.45. The first kappa shape index (κ1) is 15.9. The normalized spacial score (nSPS) is 19.8. The highest BCUT2D eigenvalue weighted by Crippen LogP contribution is 2.25. The lowest BCUT2D eigenvalue weighted by molar-refractivity contribution is -0.132. The van der Waals surface area contributed by atoms with Gasteiger partial charge in [-0.2, -0.15) is 0 Å². The molecule has 2 N–H and O–H groups in total. The van der Waals surface area contributed by atoms with Crippen LogP contribution in [0.5, 0.6) is 0 Å². The smallest absolute Gasteiger partial charge is 0.237 e. The minimum atomic E-state index is -0.510. The van der Waals surface area contributed by atoms with Crippen LogP contribution in [0.15, 0.2) is 30.3 Å². The van der Waals surface area contributed by atoms with E-state index in [1.807, 2.05) is 49.3 Å². The summed E-state index contributed by atoms with van der Waals surface area (Å²) in [6, 6.07) is 9.84. The molecule has 0 spiro atoms. The van der Waals surface area contributed by atoms with Gasteiger partial charge in [-0.3, -0.25) is 4.79 Å². The Bertz CT molecular complexity index is 504. The van der Waals surface area contributed by atoms with Crippen molar-refractivity contribution >= 4 is 23.1 Å². The molecule has 4 nitrogen and oxygen atoms in total. The summed E-state index contributed by atoms with van der Waals surface area (Å²) in [6.07, 6.45) is 2.09. The van der Waals surface area contributed by atoms with E-state index in [-0.39, 0.29) is 16.9 Å². The highest BCUT2D eigenvalue weighted by molar-refractivity contribution is 7.80. The van der Waals surface area contributed by atoms with Crippen molar-refractivity contribution in [3.8, 4) is 0 Å². The summed E-state index contributed by atoms with van der Waals surface area (Å²) in [7, 11) is 4.06. The first-order chi connectivity index (χ1) is 10.0. The van der Waals surface area contributed by atoms with Crippen LogP contribution in [-0.4, -0.2) is 53.9 Å². The van der Waals surface area contributed by atoms with Gasteiger partial charge in [0, 0.05) is 19.1 Å². The summed E-state index contributed by atoms with van der Waals surface area (Å²) >= 11 is 5.16. The molecule has 21 heavy (non-hydrogen) atoms. The van der Waals surface area contributed by atoms with Gasteiger partial charge in [0.15, 0.2) is 0 Å². The van der Waals surface area contributed by atoms with Crippen LogP contribution in [0.1, 0.15) is 24.3 Å². The average Bonchev–Trinajstić information content (AvgIpc) is 2.87. The molecule has 114 valence electrons. The summed E-state index contributed by atoms with van der Waals surface area (Å²) in [5.74, 6) is -0.470. The molecule has 0 radical (unpaired) electrons. The van der Waals surface area contributed by atoms with Crippen molar-refractivity contribution in [3.63, 3.8) is 0 Å². The maximum Gasteiger partial charge on any atom is 0.237 e. The molecule has 2 unspecified atom stereocenters. The fourth-order valence-corrected chi connectivity index (χ4v) is 3.21. The van der Waals surface area contributed by atoms with Gasteiger partial charge in [0.25, 0.3) is 0 Å². The molecule has 1 fully saturated rings. The van der Waals surface area contributed by atoms with Crippen molar-refractivity contribution in [1.29, 1.82) is 0 Å². The lowest BCUT2D eigenvalue weighted by atomic mass is 9.97. The van der Waals surface area contributed by atoms with Gasteiger partial charge >= 0.3 is 0 Å². The number of likely N-dealkylation sites (N-methyl/N-ethyl adjacent to an activating group) is 1. The van der Waals surface area contributed by atoms with E-state index in [0.29, 0.717) is 0 Å². The number of benzene rings is 1. The highest BCUT2D eigenvalue weighted by Gasteiger charge is 2.35. The van der Waals surface area contributed by atoms with Crippen LogP contribution in [0.4, 0.5) is 0 Å². The van der Waals surface area contributed by atoms with E-state index in [4.69, 9.17) is 18.0 Å². The van der Waals surface area contributed by atoms with Crippen molar-refractivity contribution < 1.29 is 4.79 Å². The standard InChI is InChI=1S/C16H23N3OS/c1-18(2)11-13-9-6-10-19(13)16(20)14(15(17)21)12-7-4-3-5-8-12/h3-5,7-8,13-14H,6,9-11H2,1-2H3,(H2,17,21). The van der Waals surface area contributed by atoms with Crippen LogP contribution < -0.4 is 5.73 Å². The first-order valence-electron chi connectivity index (χ1n) is 7.30. The Balaban J connectivity index is 2.21. The first-order valence-corrected chi connectivity index (χ1v) is 7.71. The molecule has 2 rings (SSSR count). The predicted octanol–water partition coefficient (Wildman–Crippen LogP) is 1.61. The SMILES string of the molecule is CN(C)CC1CCCN1C(=O)C(C(N)=S)c1ccccc1. The molecule has 1 aromatic carbocycles. The molecule has 1 amide bonds. The Kier molecular flexibility index (Phi) is 5.31. The maximum atomic E-state index is 12.9. The van der Waals surface area contributed by atoms with Crippen LogP contribution in [0.25, 0.3) is 0 Å². The van der Waals surface area contributed by atoms with Crippen molar-refractivity contribution in [3.05, 3.63) is 35.9 Å². The Morgan fingerprint density at radius 3 is 2.67 bits per heavy atom. The monoisotopic (exact) mass is 305 g/mol. The van der Waals surface area contributed by atoms with E-state index < -0.39 is 5.92 Å². The largest absolute Gasteiger partial charge is 0.392 e. The van der Waals surface area contributed by atoms with Crippen molar-refractivity contribution in [2.24, 2.45) is 5.73 Å². The second kappa shape index (κ2) is 7.00. The van der Waals surface area contributed by atoms with Crippen LogP contribution in [0, 0.1) is 0 Å². The maximum absolute atomic E-state index is 12.9. The van der Waals surface area contributed by atoms with Crippen LogP contribution >= 0.6 is 12.2 Å². The number of hydrogen-bond acceptors (Lipinski definition) is 3. The molecule has 1 saturated heterocycles. The number of nitrogens with two attached hydrogens (primary N) is 1. The van der Waals surface area contributed by atoms with Gasteiger partial charge in [-0.05, 0) is 32.5 Å². The Labute approximate surface area is 131 Å². The number of nitrogens with zero attached hydrogens (tertiary/aromatic N) is 2. The third kappa shape index (κ3) is 3.80. The third-order valence-electron chi connectivity index (χ3n) is 3.90. The zero-order chi connectivity index (χ0) is 15.4. The van der Waals surface area contributed by atoms with Gasteiger partial charge in [0.1, 0.15) is 5.92 Å². The molecule has 0 aliphatic carbocycles. The Hall–Kier alpha value is -1.46. The van der Waals surface area contributed by atoms with Crippen LogP contribution in [-0.2, 0) is 4.79 Å². The molecule has 1 aromatic rings. The quantitative estimate of drug-likeness (QED) is 0.840. The van der Waals surface area contributed by atoms with Crippen molar-refractivity contribution in [1.82, 2.24) is 9.80 Å². The lowest BCUT2D eigenvalue weighted by Gasteiger charge is -2.30. The number of carbonyl (C=O) groups is 1. The molecule has 1 heterocycles. The summed E-state index contributed by atoms with van der Waals surface area (Å²) in [4.78, 5) is 17.2. The molecule has 0 bridgehead atoms. The predicted molar refractivity (Wildman–Crippen MR) is 89.3 cm³/mol. The summed E-state index contributed by atoms with van der Waals surface area (Å²) in [6.45, 7) is 1.67. The molecule has 0 saturated carbocycles. The summed E-state index contributed by atoms with van der Waals surface area (Å²) in [5.41, 5.74) is 6.74. The molecule has 0 aromatic heterocycles. The van der Waals surface area contributed by atoms with E-state index in [1.54, 1.807) is 0 Å².